The summed E-state index contributed by atoms with van der Waals surface area (Å²) in [7, 11) is 0. The Bertz CT molecular complexity index is 552. The molecule has 0 aromatic heterocycles. The fourth-order valence-corrected chi connectivity index (χ4v) is 2.92. The SMILES string of the molecule is O[C@H](C[C@@H]1C[C@@]1(O)Cc1ccccc1)c1ccccc1. The molecule has 2 nitrogen and oxygen atoms in total. The lowest BCUT2D eigenvalue weighted by Gasteiger charge is -2.14. The standard InChI is InChI=1S/C18H20O2/c19-17(15-9-5-2-6-10-15)11-16-13-18(16,20)12-14-7-3-1-4-8-14/h1-10,16-17,19-20H,11-13H2/t16-,17-,18+/m1/s1. The third-order valence-corrected chi connectivity index (χ3v) is 4.24. The maximum Gasteiger partial charge on any atom is 0.0793 e. The molecule has 1 aliphatic rings. The Morgan fingerprint density at radius 3 is 2.25 bits per heavy atom. The van der Waals surface area contributed by atoms with Gasteiger partial charge in [0.15, 0.2) is 0 Å². The molecule has 1 fully saturated rings. The normalized spacial score (nSPS) is 26.2. The smallest absolute Gasteiger partial charge is 0.0793 e. The van der Waals surface area contributed by atoms with Crippen LogP contribution in [0.1, 0.15) is 30.1 Å². The maximum absolute atomic E-state index is 10.5. The first-order valence-electron chi connectivity index (χ1n) is 7.17. The highest BCUT2D eigenvalue weighted by Crippen LogP contribution is 2.50. The van der Waals surface area contributed by atoms with E-state index >= 15 is 0 Å². The van der Waals surface area contributed by atoms with Crippen molar-refractivity contribution in [2.24, 2.45) is 5.92 Å². The number of aliphatic hydroxyl groups is 2. The molecule has 3 atom stereocenters. The summed E-state index contributed by atoms with van der Waals surface area (Å²) in [6.07, 6.45) is 1.62. The lowest BCUT2D eigenvalue weighted by atomic mass is 9.99. The Labute approximate surface area is 119 Å². The zero-order chi connectivity index (χ0) is 14.0. The second-order valence-corrected chi connectivity index (χ2v) is 5.83. The van der Waals surface area contributed by atoms with Crippen molar-refractivity contribution in [3.63, 3.8) is 0 Å². The summed E-state index contributed by atoms with van der Waals surface area (Å²) in [5.41, 5.74) is 1.46. The Kier molecular flexibility index (Phi) is 3.60. The number of rotatable bonds is 5. The predicted octanol–water partition coefficient (Wildman–Crippen LogP) is 3.10. The average Bonchev–Trinajstić information content (AvgIpc) is 3.10. The third-order valence-electron chi connectivity index (χ3n) is 4.24. The summed E-state index contributed by atoms with van der Waals surface area (Å²) in [4.78, 5) is 0. The van der Waals surface area contributed by atoms with E-state index in [0.717, 1.165) is 17.5 Å². The van der Waals surface area contributed by atoms with Crippen molar-refractivity contribution in [2.45, 2.75) is 31.0 Å². The van der Waals surface area contributed by atoms with E-state index < -0.39 is 11.7 Å². The van der Waals surface area contributed by atoms with Gasteiger partial charge in [0.05, 0.1) is 11.7 Å². The summed E-state index contributed by atoms with van der Waals surface area (Å²) in [5.74, 6) is 0.193. The number of benzene rings is 2. The Morgan fingerprint density at radius 2 is 1.60 bits per heavy atom. The molecular weight excluding hydrogens is 248 g/mol. The molecule has 2 N–H and O–H groups in total. The molecule has 2 heteroatoms. The van der Waals surface area contributed by atoms with E-state index in [1.165, 1.54) is 0 Å². The maximum atomic E-state index is 10.5. The van der Waals surface area contributed by atoms with Crippen molar-refractivity contribution < 1.29 is 10.2 Å². The summed E-state index contributed by atoms with van der Waals surface area (Å²) in [6, 6.07) is 19.7. The van der Waals surface area contributed by atoms with Crippen LogP contribution in [-0.2, 0) is 6.42 Å². The van der Waals surface area contributed by atoms with Crippen molar-refractivity contribution in [1.82, 2.24) is 0 Å². The first kappa shape index (κ1) is 13.3. The minimum atomic E-state index is -0.628. The number of aliphatic hydroxyl groups excluding tert-OH is 1. The van der Waals surface area contributed by atoms with Crippen LogP contribution >= 0.6 is 0 Å². The van der Waals surface area contributed by atoms with Crippen LogP contribution in [-0.4, -0.2) is 15.8 Å². The lowest BCUT2D eigenvalue weighted by molar-refractivity contribution is 0.102. The van der Waals surface area contributed by atoms with Gasteiger partial charge in [-0.2, -0.15) is 0 Å². The van der Waals surface area contributed by atoms with Gasteiger partial charge in [-0.05, 0) is 29.9 Å². The fourth-order valence-electron chi connectivity index (χ4n) is 2.92. The number of hydrogen-bond acceptors (Lipinski definition) is 2. The first-order chi connectivity index (χ1) is 9.67. The first-order valence-corrected chi connectivity index (χ1v) is 7.17. The molecule has 104 valence electrons. The van der Waals surface area contributed by atoms with Gasteiger partial charge in [0.1, 0.15) is 0 Å². The van der Waals surface area contributed by atoms with Gasteiger partial charge in [-0.3, -0.25) is 0 Å². The van der Waals surface area contributed by atoms with Gasteiger partial charge in [-0.15, -0.1) is 0 Å². The van der Waals surface area contributed by atoms with Crippen molar-refractivity contribution >= 4 is 0 Å². The average molecular weight is 268 g/mol. The van der Waals surface area contributed by atoms with Crippen LogP contribution in [0.3, 0.4) is 0 Å². The third kappa shape index (κ3) is 2.92. The van der Waals surface area contributed by atoms with E-state index in [4.69, 9.17) is 0 Å². The highest BCUT2D eigenvalue weighted by atomic mass is 16.3. The molecule has 0 radical (unpaired) electrons. The highest BCUT2D eigenvalue weighted by Gasteiger charge is 2.52. The van der Waals surface area contributed by atoms with Crippen LogP contribution in [0.2, 0.25) is 0 Å². The molecule has 0 aliphatic heterocycles. The van der Waals surface area contributed by atoms with Crippen molar-refractivity contribution in [1.29, 1.82) is 0 Å². The van der Waals surface area contributed by atoms with E-state index in [0.29, 0.717) is 12.8 Å². The number of hydrogen-bond donors (Lipinski definition) is 2. The molecule has 0 amide bonds. The van der Waals surface area contributed by atoms with Gasteiger partial charge in [-0.1, -0.05) is 60.7 Å². The second-order valence-electron chi connectivity index (χ2n) is 5.83. The molecular formula is C18H20O2. The van der Waals surface area contributed by atoms with E-state index in [9.17, 15) is 10.2 Å². The lowest BCUT2D eigenvalue weighted by Crippen LogP contribution is -2.16. The highest BCUT2D eigenvalue weighted by molar-refractivity contribution is 5.23. The monoisotopic (exact) mass is 268 g/mol. The van der Waals surface area contributed by atoms with Crippen molar-refractivity contribution in [3.05, 3.63) is 71.8 Å². The van der Waals surface area contributed by atoms with Crippen LogP contribution in [0, 0.1) is 5.92 Å². The molecule has 0 saturated heterocycles. The second kappa shape index (κ2) is 5.39. The minimum Gasteiger partial charge on any atom is -0.389 e. The van der Waals surface area contributed by atoms with Crippen LogP contribution < -0.4 is 0 Å². The molecule has 2 aromatic carbocycles. The topological polar surface area (TPSA) is 40.5 Å². The van der Waals surface area contributed by atoms with Crippen molar-refractivity contribution in [2.75, 3.05) is 0 Å². The zero-order valence-electron chi connectivity index (χ0n) is 11.4. The molecule has 0 heterocycles. The minimum absolute atomic E-state index is 0.193. The predicted molar refractivity (Wildman–Crippen MR) is 79.2 cm³/mol. The molecule has 1 aliphatic carbocycles. The molecule has 0 bridgehead atoms. The van der Waals surface area contributed by atoms with Gasteiger partial charge < -0.3 is 10.2 Å². The zero-order valence-corrected chi connectivity index (χ0v) is 11.4. The molecule has 3 rings (SSSR count). The molecule has 20 heavy (non-hydrogen) atoms. The van der Waals surface area contributed by atoms with Gasteiger partial charge in [0, 0.05) is 6.42 Å². The largest absolute Gasteiger partial charge is 0.389 e. The molecule has 2 aromatic rings. The van der Waals surface area contributed by atoms with Crippen LogP contribution in [0.4, 0.5) is 0 Å². The van der Waals surface area contributed by atoms with E-state index in [1.54, 1.807) is 0 Å². The summed E-state index contributed by atoms with van der Waals surface area (Å²) in [6.45, 7) is 0. The Morgan fingerprint density at radius 1 is 1.00 bits per heavy atom. The van der Waals surface area contributed by atoms with Gasteiger partial charge >= 0.3 is 0 Å². The quantitative estimate of drug-likeness (QED) is 0.874. The Hall–Kier alpha value is -1.64. The van der Waals surface area contributed by atoms with Gasteiger partial charge in [-0.25, -0.2) is 0 Å². The molecule has 1 saturated carbocycles. The summed E-state index contributed by atoms with van der Waals surface area (Å²) >= 11 is 0. The van der Waals surface area contributed by atoms with E-state index in [1.807, 2.05) is 60.7 Å². The molecule has 0 unspecified atom stereocenters. The van der Waals surface area contributed by atoms with Crippen LogP contribution in [0.25, 0.3) is 0 Å². The van der Waals surface area contributed by atoms with Gasteiger partial charge in [0.25, 0.3) is 0 Å². The van der Waals surface area contributed by atoms with Crippen LogP contribution in [0.15, 0.2) is 60.7 Å². The Balaban J connectivity index is 1.59. The van der Waals surface area contributed by atoms with Crippen molar-refractivity contribution in [3.8, 4) is 0 Å². The summed E-state index contributed by atoms with van der Waals surface area (Å²) in [5, 5.41) is 20.7. The molecule has 0 spiro atoms. The van der Waals surface area contributed by atoms with Gasteiger partial charge in [0.2, 0.25) is 0 Å². The van der Waals surface area contributed by atoms with E-state index in [2.05, 4.69) is 0 Å². The summed E-state index contributed by atoms with van der Waals surface area (Å²) < 4.78 is 0. The van der Waals surface area contributed by atoms with E-state index in [-0.39, 0.29) is 5.92 Å². The fraction of sp³-hybridized carbons (Fsp3) is 0.333. The van der Waals surface area contributed by atoms with Crippen LogP contribution in [0.5, 0.6) is 0 Å².